The van der Waals surface area contributed by atoms with E-state index in [1.54, 1.807) is 23.5 Å². The number of thiophene rings is 1. The molecular weight excluding hydrogens is 285 g/mol. The van der Waals surface area contributed by atoms with E-state index >= 15 is 0 Å². The van der Waals surface area contributed by atoms with Gasteiger partial charge in [-0.3, -0.25) is 0 Å². The predicted octanol–water partition coefficient (Wildman–Crippen LogP) is 4.47. The van der Waals surface area contributed by atoms with Crippen LogP contribution in [0.4, 0.5) is 4.39 Å². The van der Waals surface area contributed by atoms with Gasteiger partial charge in [0.2, 0.25) is 0 Å². The van der Waals surface area contributed by atoms with E-state index in [0.29, 0.717) is 12.6 Å². The molecule has 0 saturated heterocycles. The molecule has 1 aliphatic rings. The first kappa shape index (κ1) is 14.9. The summed E-state index contributed by atoms with van der Waals surface area (Å²) in [5.74, 6) is 0.599. The van der Waals surface area contributed by atoms with Gasteiger partial charge in [-0.2, -0.15) is 0 Å². The van der Waals surface area contributed by atoms with Gasteiger partial charge < -0.3 is 10.1 Å². The van der Waals surface area contributed by atoms with Crippen LogP contribution < -0.4 is 5.32 Å². The monoisotopic (exact) mass is 307 g/mol. The second kappa shape index (κ2) is 6.42. The van der Waals surface area contributed by atoms with Gasteiger partial charge >= 0.3 is 0 Å². The highest BCUT2D eigenvalue weighted by Crippen LogP contribution is 2.35. The lowest BCUT2D eigenvalue weighted by Gasteiger charge is -2.10. The quantitative estimate of drug-likeness (QED) is 0.815. The molecule has 2 aromatic rings. The summed E-state index contributed by atoms with van der Waals surface area (Å²) < 4.78 is 21.0. The Hall–Kier alpha value is -0.970. The number of benzene rings is 1. The zero-order valence-electron chi connectivity index (χ0n) is 12.6. The molecule has 114 valence electrons. The van der Waals surface area contributed by atoms with Crippen LogP contribution in [0, 0.1) is 11.7 Å². The minimum atomic E-state index is -0.135. The normalized spacial score (nSPS) is 15.2. The van der Waals surface area contributed by atoms with Crippen molar-refractivity contribution >= 4 is 21.4 Å². The molecule has 4 heteroatoms. The van der Waals surface area contributed by atoms with Crippen molar-refractivity contribution in [3.05, 3.63) is 34.5 Å². The highest BCUT2D eigenvalue weighted by atomic mass is 32.1. The van der Waals surface area contributed by atoms with Crippen LogP contribution >= 0.6 is 11.3 Å². The molecule has 0 spiro atoms. The van der Waals surface area contributed by atoms with Gasteiger partial charge in [0, 0.05) is 39.7 Å². The van der Waals surface area contributed by atoms with Gasteiger partial charge in [-0.05, 0) is 30.9 Å². The molecule has 21 heavy (non-hydrogen) atoms. The van der Waals surface area contributed by atoms with E-state index in [4.69, 9.17) is 4.74 Å². The number of ether oxygens (including phenoxy) is 1. The van der Waals surface area contributed by atoms with Crippen molar-refractivity contribution in [2.24, 2.45) is 5.92 Å². The van der Waals surface area contributed by atoms with Gasteiger partial charge in [0.05, 0.1) is 6.61 Å². The van der Waals surface area contributed by atoms with Gasteiger partial charge in [-0.15, -0.1) is 11.3 Å². The summed E-state index contributed by atoms with van der Waals surface area (Å²) in [5, 5.41) is 4.18. The minimum absolute atomic E-state index is 0.135. The lowest BCUT2D eigenvalue weighted by atomic mass is 10.1. The summed E-state index contributed by atoms with van der Waals surface area (Å²) in [6, 6.07) is 5.73. The predicted molar refractivity (Wildman–Crippen MR) is 86.1 cm³/mol. The number of rotatable bonds is 7. The molecule has 1 aliphatic carbocycles. The maximum Gasteiger partial charge on any atom is 0.132 e. The summed E-state index contributed by atoms with van der Waals surface area (Å²) in [7, 11) is 0. The first-order valence-corrected chi connectivity index (χ1v) is 8.46. The number of hydrogen-bond acceptors (Lipinski definition) is 3. The Labute approximate surface area is 129 Å². The molecule has 1 aromatic heterocycles. The highest BCUT2D eigenvalue weighted by molar-refractivity contribution is 7.19. The van der Waals surface area contributed by atoms with E-state index in [1.807, 2.05) is 6.07 Å². The van der Waals surface area contributed by atoms with Crippen LogP contribution in [-0.4, -0.2) is 12.6 Å². The molecule has 2 nitrogen and oxygen atoms in total. The molecular formula is C17H22FNOS. The Morgan fingerprint density at radius 3 is 2.90 bits per heavy atom. The van der Waals surface area contributed by atoms with Crippen LogP contribution in [0.3, 0.4) is 0 Å². The lowest BCUT2D eigenvalue weighted by molar-refractivity contribution is 0.111. The van der Waals surface area contributed by atoms with Crippen LogP contribution in [0.25, 0.3) is 10.1 Å². The summed E-state index contributed by atoms with van der Waals surface area (Å²) >= 11 is 1.67. The lowest BCUT2D eigenvalue weighted by Crippen LogP contribution is -2.21. The molecule has 1 fully saturated rings. The van der Waals surface area contributed by atoms with Crippen molar-refractivity contribution in [2.75, 3.05) is 6.61 Å². The zero-order valence-corrected chi connectivity index (χ0v) is 13.4. The first-order chi connectivity index (χ1) is 10.1. The number of fused-ring (bicyclic) bond motifs is 1. The fraction of sp³-hybridized carbons (Fsp3) is 0.529. The molecule has 1 aromatic carbocycles. The highest BCUT2D eigenvalue weighted by Gasteiger charge is 2.22. The van der Waals surface area contributed by atoms with Crippen LogP contribution in [0.5, 0.6) is 0 Å². The fourth-order valence-corrected chi connectivity index (χ4v) is 3.59. The topological polar surface area (TPSA) is 21.3 Å². The molecule has 0 atom stereocenters. The SMILES string of the molecule is CC(C)NCc1sc2cccc(F)c2c1COCC1CC1. The summed E-state index contributed by atoms with van der Waals surface area (Å²) in [5.41, 5.74) is 1.03. The van der Waals surface area contributed by atoms with E-state index in [2.05, 4.69) is 19.2 Å². The van der Waals surface area contributed by atoms with Crippen LogP contribution in [0.15, 0.2) is 18.2 Å². The molecule has 0 aliphatic heterocycles. The number of halogens is 1. The van der Waals surface area contributed by atoms with Crippen molar-refractivity contribution in [1.82, 2.24) is 5.32 Å². The Morgan fingerprint density at radius 2 is 2.19 bits per heavy atom. The van der Waals surface area contributed by atoms with Crippen molar-refractivity contribution in [3.8, 4) is 0 Å². The third kappa shape index (κ3) is 3.62. The van der Waals surface area contributed by atoms with Gasteiger partial charge in [0.1, 0.15) is 5.82 Å². The Balaban J connectivity index is 1.85. The van der Waals surface area contributed by atoms with E-state index < -0.39 is 0 Å². The maximum absolute atomic E-state index is 14.2. The Bertz CT molecular complexity index is 619. The smallest absolute Gasteiger partial charge is 0.132 e. The molecule has 3 rings (SSSR count). The fourth-order valence-electron chi connectivity index (χ4n) is 2.42. The van der Waals surface area contributed by atoms with E-state index in [-0.39, 0.29) is 5.82 Å². The third-order valence-corrected chi connectivity index (χ3v) is 5.01. The molecule has 1 N–H and O–H groups in total. The van der Waals surface area contributed by atoms with Crippen molar-refractivity contribution in [2.45, 2.75) is 45.9 Å². The average Bonchev–Trinajstić information content (AvgIpc) is 3.18. The van der Waals surface area contributed by atoms with Gasteiger partial charge in [0.15, 0.2) is 0 Å². The van der Waals surface area contributed by atoms with Crippen LogP contribution in [0.2, 0.25) is 0 Å². The number of nitrogens with one attached hydrogen (secondary N) is 1. The second-order valence-corrected chi connectivity index (χ2v) is 7.25. The van der Waals surface area contributed by atoms with E-state index in [9.17, 15) is 4.39 Å². The van der Waals surface area contributed by atoms with Crippen LogP contribution in [0.1, 0.15) is 37.1 Å². The van der Waals surface area contributed by atoms with E-state index in [1.165, 1.54) is 17.7 Å². The largest absolute Gasteiger partial charge is 0.376 e. The van der Waals surface area contributed by atoms with Crippen molar-refractivity contribution in [3.63, 3.8) is 0 Å². The zero-order chi connectivity index (χ0) is 14.8. The molecule has 0 radical (unpaired) electrons. The van der Waals surface area contributed by atoms with Crippen LogP contribution in [-0.2, 0) is 17.9 Å². The minimum Gasteiger partial charge on any atom is -0.376 e. The average molecular weight is 307 g/mol. The third-order valence-electron chi connectivity index (χ3n) is 3.81. The molecule has 1 heterocycles. The van der Waals surface area contributed by atoms with Crippen molar-refractivity contribution in [1.29, 1.82) is 0 Å². The van der Waals surface area contributed by atoms with Gasteiger partial charge in [-0.1, -0.05) is 19.9 Å². The Morgan fingerprint density at radius 1 is 1.38 bits per heavy atom. The number of hydrogen-bond donors (Lipinski definition) is 1. The van der Waals surface area contributed by atoms with Gasteiger partial charge in [0.25, 0.3) is 0 Å². The molecule has 0 unspecified atom stereocenters. The molecule has 0 amide bonds. The van der Waals surface area contributed by atoms with Crippen molar-refractivity contribution < 1.29 is 9.13 Å². The summed E-state index contributed by atoms with van der Waals surface area (Å²) in [6.45, 7) is 6.35. The second-order valence-electron chi connectivity index (χ2n) is 6.11. The first-order valence-electron chi connectivity index (χ1n) is 7.65. The van der Waals surface area contributed by atoms with Gasteiger partial charge in [-0.25, -0.2) is 4.39 Å². The molecule has 1 saturated carbocycles. The summed E-state index contributed by atoms with van der Waals surface area (Å²) in [6.07, 6.45) is 2.56. The maximum atomic E-state index is 14.2. The molecule has 0 bridgehead atoms. The van der Waals surface area contributed by atoms with E-state index in [0.717, 1.165) is 34.7 Å². The summed E-state index contributed by atoms with van der Waals surface area (Å²) in [4.78, 5) is 1.19. The Kier molecular flexibility index (Phi) is 4.57. The standard InChI is InChI=1S/C17H22FNOS/c1-11(2)19-8-16-13(10-20-9-12-6-7-12)17-14(18)4-3-5-15(17)21-16/h3-5,11-12,19H,6-10H2,1-2H3.